The van der Waals surface area contributed by atoms with E-state index in [-0.39, 0.29) is 5.41 Å². The van der Waals surface area contributed by atoms with Gasteiger partial charge in [-0.05, 0) is 57.5 Å². The van der Waals surface area contributed by atoms with E-state index in [1.165, 1.54) is 61.0 Å². The molecule has 0 saturated heterocycles. The number of methoxy groups -OCH3 is 1. The summed E-state index contributed by atoms with van der Waals surface area (Å²) in [6.07, 6.45) is 3.26. The highest BCUT2D eigenvalue weighted by molar-refractivity contribution is 6.12. The van der Waals surface area contributed by atoms with E-state index in [2.05, 4.69) is 100 Å². The highest BCUT2D eigenvalue weighted by atomic mass is 16.5. The lowest BCUT2D eigenvalue weighted by molar-refractivity contribution is -0.659. The van der Waals surface area contributed by atoms with Crippen LogP contribution in [0.15, 0.2) is 60.8 Å². The number of ether oxygens (including phenoxy) is 1. The first-order valence-corrected chi connectivity index (χ1v) is 11.4. The number of aryl methyl sites for hydroxylation is 2. The summed E-state index contributed by atoms with van der Waals surface area (Å²) < 4.78 is 7.92. The molecule has 0 saturated carbocycles. The van der Waals surface area contributed by atoms with E-state index in [1.54, 1.807) is 7.11 Å². The molecule has 0 atom stereocenters. The SMILES string of the molecule is COCc1cccc2c1-c1c3c(cc(CC(C)(C)C)cc3cc[n+]1C)-c1ccc(C)cc1-2. The fraction of sp³-hybridized carbons (Fsp3) is 0.300. The highest BCUT2D eigenvalue weighted by Gasteiger charge is 2.30. The molecule has 4 aromatic rings. The normalized spacial score (nSPS) is 12.4. The van der Waals surface area contributed by atoms with Crippen LogP contribution in [0.25, 0.3) is 44.3 Å². The fourth-order valence-electron chi connectivity index (χ4n) is 5.29. The first-order valence-electron chi connectivity index (χ1n) is 11.4. The molecule has 1 aliphatic rings. The maximum atomic E-state index is 5.63. The summed E-state index contributed by atoms with van der Waals surface area (Å²) in [5.41, 5.74) is 12.0. The average molecular weight is 423 g/mol. The minimum absolute atomic E-state index is 0.234. The van der Waals surface area contributed by atoms with Crippen LogP contribution in [0.4, 0.5) is 0 Å². The first kappa shape index (κ1) is 20.9. The standard InChI is InChI=1S/C30H32NO/c1-19-10-11-23-25(14-19)24-9-7-8-22(18-32-6)28(24)29-27-21(12-13-31(29)5)15-20(16-26(23)27)17-30(2,3)4/h7-16H,17-18H2,1-6H3/q+1. The molecule has 0 radical (unpaired) electrons. The average Bonchev–Trinajstić information content (AvgIpc) is 2.84. The molecule has 0 aliphatic heterocycles. The second-order valence-corrected chi connectivity index (χ2v) is 10.4. The van der Waals surface area contributed by atoms with Gasteiger partial charge in [-0.1, -0.05) is 74.9 Å². The van der Waals surface area contributed by atoms with Gasteiger partial charge in [-0.3, -0.25) is 0 Å². The van der Waals surface area contributed by atoms with Crippen LogP contribution in [0.5, 0.6) is 0 Å². The number of hydrogen-bond donors (Lipinski definition) is 0. The van der Waals surface area contributed by atoms with Crippen molar-refractivity contribution in [3.63, 3.8) is 0 Å². The molecule has 1 aromatic heterocycles. The Kier molecular flexibility index (Phi) is 4.94. The molecule has 0 N–H and O–H groups in total. The third-order valence-electron chi connectivity index (χ3n) is 6.47. The minimum Gasteiger partial charge on any atom is -0.380 e. The summed E-state index contributed by atoms with van der Waals surface area (Å²) in [7, 11) is 3.94. The Labute approximate surface area is 191 Å². The van der Waals surface area contributed by atoms with Gasteiger partial charge < -0.3 is 4.74 Å². The molecule has 0 fully saturated rings. The Balaban J connectivity index is 1.98. The lowest BCUT2D eigenvalue weighted by Crippen LogP contribution is -2.31. The molecule has 0 bridgehead atoms. The van der Waals surface area contributed by atoms with Crippen LogP contribution in [0.2, 0.25) is 0 Å². The zero-order valence-electron chi connectivity index (χ0n) is 20.0. The number of nitrogens with zero attached hydrogens (tertiary/aromatic N) is 1. The molecule has 0 unspecified atom stereocenters. The third kappa shape index (κ3) is 3.43. The van der Waals surface area contributed by atoms with E-state index in [1.807, 2.05) is 0 Å². The number of pyridine rings is 1. The van der Waals surface area contributed by atoms with E-state index in [0.29, 0.717) is 6.61 Å². The Morgan fingerprint density at radius 1 is 0.875 bits per heavy atom. The van der Waals surface area contributed by atoms with Gasteiger partial charge in [0.25, 0.3) is 0 Å². The van der Waals surface area contributed by atoms with Crippen LogP contribution < -0.4 is 4.57 Å². The smallest absolute Gasteiger partial charge is 0.221 e. The predicted octanol–water partition coefficient (Wildman–Crippen LogP) is 7.02. The monoisotopic (exact) mass is 422 g/mol. The van der Waals surface area contributed by atoms with Gasteiger partial charge in [0, 0.05) is 13.2 Å². The van der Waals surface area contributed by atoms with Crippen molar-refractivity contribution in [1.29, 1.82) is 0 Å². The van der Waals surface area contributed by atoms with Gasteiger partial charge in [-0.2, -0.15) is 0 Å². The quantitative estimate of drug-likeness (QED) is 0.285. The molecule has 1 heterocycles. The van der Waals surface area contributed by atoms with Crippen molar-refractivity contribution in [2.24, 2.45) is 12.5 Å². The van der Waals surface area contributed by atoms with E-state index < -0.39 is 0 Å². The maximum absolute atomic E-state index is 5.63. The van der Waals surface area contributed by atoms with Crippen molar-refractivity contribution in [1.82, 2.24) is 0 Å². The van der Waals surface area contributed by atoms with Crippen LogP contribution in [-0.2, 0) is 24.8 Å². The van der Waals surface area contributed by atoms with Crippen molar-refractivity contribution in [2.45, 2.75) is 40.7 Å². The van der Waals surface area contributed by atoms with E-state index in [0.717, 1.165) is 6.42 Å². The van der Waals surface area contributed by atoms with Crippen LogP contribution in [0.3, 0.4) is 0 Å². The second-order valence-electron chi connectivity index (χ2n) is 10.4. The number of hydrogen-bond acceptors (Lipinski definition) is 1. The summed E-state index contributed by atoms with van der Waals surface area (Å²) in [5, 5.41) is 2.64. The van der Waals surface area contributed by atoms with Crippen molar-refractivity contribution in [3.8, 4) is 33.5 Å². The van der Waals surface area contributed by atoms with Gasteiger partial charge in [0.15, 0.2) is 6.20 Å². The molecule has 2 nitrogen and oxygen atoms in total. The van der Waals surface area contributed by atoms with E-state index in [9.17, 15) is 0 Å². The van der Waals surface area contributed by atoms with Gasteiger partial charge in [-0.15, -0.1) is 0 Å². The van der Waals surface area contributed by atoms with Crippen molar-refractivity contribution >= 4 is 10.8 Å². The maximum Gasteiger partial charge on any atom is 0.221 e. The van der Waals surface area contributed by atoms with Crippen LogP contribution >= 0.6 is 0 Å². The summed E-state index contributed by atoms with van der Waals surface area (Å²) in [6.45, 7) is 9.72. The van der Waals surface area contributed by atoms with Crippen molar-refractivity contribution in [3.05, 3.63) is 77.5 Å². The minimum atomic E-state index is 0.234. The zero-order valence-corrected chi connectivity index (χ0v) is 20.0. The highest BCUT2D eigenvalue weighted by Crippen LogP contribution is 2.48. The van der Waals surface area contributed by atoms with Gasteiger partial charge in [0.1, 0.15) is 7.05 Å². The molecule has 5 rings (SSSR count). The summed E-state index contributed by atoms with van der Waals surface area (Å²) in [6, 6.07) is 20.6. The first-order chi connectivity index (χ1) is 15.3. The van der Waals surface area contributed by atoms with Crippen LogP contribution in [0, 0.1) is 12.3 Å². The van der Waals surface area contributed by atoms with E-state index in [4.69, 9.17) is 4.74 Å². The number of rotatable bonds is 3. The summed E-state index contributed by atoms with van der Waals surface area (Å²) >= 11 is 0. The van der Waals surface area contributed by atoms with Crippen molar-refractivity contribution in [2.75, 3.05) is 7.11 Å². The zero-order chi connectivity index (χ0) is 22.6. The Hall–Kier alpha value is -2.97. The van der Waals surface area contributed by atoms with E-state index >= 15 is 0 Å². The molecule has 2 heteroatoms. The number of fused-ring (bicyclic) bond motifs is 5. The van der Waals surface area contributed by atoms with Gasteiger partial charge >= 0.3 is 0 Å². The summed E-state index contributed by atoms with van der Waals surface area (Å²) in [5.74, 6) is 0. The van der Waals surface area contributed by atoms with Crippen molar-refractivity contribution < 1.29 is 9.30 Å². The Morgan fingerprint density at radius 2 is 1.69 bits per heavy atom. The molecule has 32 heavy (non-hydrogen) atoms. The van der Waals surface area contributed by atoms with Gasteiger partial charge in [0.2, 0.25) is 5.69 Å². The lowest BCUT2D eigenvalue weighted by atomic mass is 9.85. The molecule has 162 valence electrons. The molecular formula is C30H32NO+. The molecule has 0 spiro atoms. The predicted molar refractivity (Wildman–Crippen MR) is 134 cm³/mol. The molecule has 1 aliphatic carbocycles. The molecule has 3 aromatic carbocycles. The topological polar surface area (TPSA) is 13.1 Å². The van der Waals surface area contributed by atoms with Gasteiger partial charge in [-0.25, -0.2) is 4.57 Å². The van der Waals surface area contributed by atoms with Crippen LogP contribution in [-0.4, -0.2) is 7.11 Å². The second kappa shape index (κ2) is 7.56. The third-order valence-corrected chi connectivity index (χ3v) is 6.47. The lowest BCUT2D eigenvalue weighted by Gasteiger charge is -2.20. The van der Waals surface area contributed by atoms with Gasteiger partial charge in [0.05, 0.1) is 17.6 Å². The molecule has 0 amide bonds. The Bertz CT molecular complexity index is 1360. The Morgan fingerprint density at radius 3 is 2.44 bits per heavy atom. The molecular weight excluding hydrogens is 390 g/mol. The largest absolute Gasteiger partial charge is 0.380 e. The van der Waals surface area contributed by atoms with Crippen LogP contribution in [0.1, 0.15) is 37.5 Å². The number of benzene rings is 3. The fourth-order valence-corrected chi connectivity index (χ4v) is 5.29. The number of aromatic nitrogens is 1. The summed E-state index contributed by atoms with van der Waals surface area (Å²) in [4.78, 5) is 0.